The van der Waals surface area contributed by atoms with Crippen LogP contribution in [-0.2, 0) is 0 Å². The van der Waals surface area contributed by atoms with E-state index in [2.05, 4.69) is 45.1 Å². The lowest BCUT2D eigenvalue weighted by molar-refractivity contribution is 0.224. The summed E-state index contributed by atoms with van der Waals surface area (Å²) >= 11 is 0. The monoisotopic (exact) mass is 228 g/mol. The Bertz CT molecular complexity index is 136. The molecule has 0 heterocycles. The Balaban J connectivity index is 3.41. The fourth-order valence-electron chi connectivity index (χ4n) is 2.12. The third kappa shape index (κ3) is 8.12. The molecule has 0 aliphatic rings. The fourth-order valence-corrected chi connectivity index (χ4v) is 2.12. The Labute approximate surface area is 103 Å². The lowest BCUT2D eigenvalue weighted by atomic mass is 10.0. The van der Waals surface area contributed by atoms with E-state index < -0.39 is 0 Å². The number of nitrogens with one attached hydrogen (secondary N) is 1. The molecular weight excluding hydrogens is 196 g/mol. The summed E-state index contributed by atoms with van der Waals surface area (Å²) in [6.45, 7) is 9.17. The second kappa shape index (κ2) is 10.1. The van der Waals surface area contributed by atoms with Gasteiger partial charge in [-0.05, 0) is 33.0 Å². The van der Waals surface area contributed by atoms with Crippen LogP contribution in [0.15, 0.2) is 0 Å². The highest BCUT2D eigenvalue weighted by Crippen LogP contribution is 2.06. The van der Waals surface area contributed by atoms with Crippen molar-refractivity contribution in [3.63, 3.8) is 0 Å². The summed E-state index contributed by atoms with van der Waals surface area (Å²) in [7, 11) is 4.35. The smallest absolute Gasteiger partial charge is 0.0237 e. The molecule has 1 N–H and O–H groups in total. The fraction of sp³-hybridized carbons (Fsp3) is 1.00. The molecule has 16 heavy (non-hydrogen) atoms. The standard InChI is InChI=1S/C14H32N2/c1-6-7-8-9-10-11-15-12-14(13(2)3)16(4)5/h13-15H,6-12H2,1-5H3. The molecule has 0 aliphatic carbocycles. The van der Waals surface area contributed by atoms with Gasteiger partial charge in [0, 0.05) is 12.6 Å². The first-order chi connectivity index (χ1) is 7.59. The average molecular weight is 228 g/mol. The molecule has 0 bridgehead atoms. The van der Waals surface area contributed by atoms with Gasteiger partial charge in [-0.2, -0.15) is 0 Å². The minimum atomic E-state index is 0.663. The largest absolute Gasteiger partial charge is 0.315 e. The first kappa shape index (κ1) is 15.9. The normalized spacial score (nSPS) is 13.7. The van der Waals surface area contributed by atoms with E-state index in [-0.39, 0.29) is 0 Å². The zero-order valence-electron chi connectivity index (χ0n) is 12.1. The number of rotatable bonds is 10. The van der Waals surface area contributed by atoms with Gasteiger partial charge >= 0.3 is 0 Å². The van der Waals surface area contributed by atoms with Crippen LogP contribution < -0.4 is 5.32 Å². The van der Waals surface area contributed by atoms with E-state index in [9.17, 15) is 0 Å². The van der Waals surface area contributed by atoms with E-state index in [1.54, 1.807) is 0 Å². The van der Waals surface area contributed by atoms with Gasteiger partial charge < -0.3 is 10.2 Å². The molecule has 0 saturated carbocycles. The molecule has 1 unspecified atom stereocenters. The first-order valence-electron chi connectivity index (χ1n) is 6.96. The van der Waals surface area contributed by atoms with Crippen molar-refractivity contribution in [1.29, 1.82) is 0 Å². The van der Waals surface area contributed by atoms with E-state index in [1.165, 1.54) is 38.6 Å². The van der Waals surface area contributed by atoms with Gasteiger partial charge in [0.05, 0.1) is 0 Å². The second-order valence-electron chi connectivity index (χ2n) is 5.39. The van der Waals surface area contributed by atoms with E-state index in [0.29, 0.717) is 6.04 Å². The Morgan fingerprint density at radius 2 is 1.62 bits per heavy atom. The van der Waals surface area contributed by atoms with Crippen LogP contribution in [0.2, 0.25) is 0 Å². The van der Waals surface area contributed by atoms with Crippen molar-refractivity contribution in [1.82, 2.24) is 10.2 Å². The molecule has 0 spiro atoms. The third-order valence-electron chi connectivity index (χ3n) is 3.24. The van der Waals surface area contributed by atoms with Crippen molar-refractivity contribution < 1.29 is 0 Å². The topological polar surface area (TPSA) is 15.3 Å². The molecule has 0 amide bonds. The minimum absolute atomic E-state index is 0.663. The summed E-state index contributed by atoms with van der Waals surface area (Å²) in [6, 6.07) is 0.663. The highest BCUT2D eigenvalue weighted by atomic mass is 15.1. The van der Waals surface area contributed by atoms with Gasteiger partial charge in [-0.3, -0.25) is 0 Å². The van der Waals surface area contributed by atoms with Gasteiger partial charge in [0.1, 0.15) is 0 Å². The van der Waals surface area contributed by atoms with Gasteiger partial charge in [0.15, 0.2) is 0 Å². The summed E-state index contributed by atoms with van der Waals surface area (Å²) in [5, 5.41) is 3.58. The lowest BCUT2D eigenvalue weighted by Gasteiger charge is -2.28. The van der Waals surface area contributed by atoms with E-state index in [1.807, 2.05) is 0 Å². The van der Waals surface area contributed by atoms with Crippen molar-refractivity contribution in [2.24, 2.45) is 5.92 Å². The molecule has 0 fully saturated rings. The molecule has 0 aromatic rings. The van der Waals surface area contributed by atoms with Crippen molar-refractivity contribution in [3.8, 4) is 0 Å². The SMILES string of the molecule is CCCCCCCNCC(C(C)C)N(C)C. The Hall–Kier alpha value is -0.0800. The Kier molecular flexibility index (Phi) is 10.0. The van der Waals surface area contributed by atoms with Crippen LogP contribution in [0.25, 0.3) is 0 Å². The quantitative estimate of drug-likeness (QED) is 0.578. The number of likely N-dealkylation sites (N-methyl/N-ethyl adjacent to an activating group) is 1. The zero-order valence-corrected chi connectivity index (χ0v) is 12.1. The van der Waals surface area contributed by atoms with Gasteiger partial charge in [-0.1, -0.05) is 46.5 Å². The predicted molar refractivity (Wildman–Crippen MR) is 73.9 cm³/mol. The van der Waals surface area contributed by atoms with E-state index in [0.717, 1.165) is 12.5 Å². The summed E-state index contributed by atoms with van der Waals surface area (Å²) in [5.74, 6) is 0.725. The predicted octanol–water partition coefficient (Wildman–Crippen LogP) is 3.13. The minimum Gasteiger partial charge on any atom is -0.315 e. The molecule has 0 rings (SSSR count). The highest BCUT2D eigenvalue weighted by Gasteiger charge is 2.14. The maximum atomic E-state index is 3.58. The molecule has 0 aromatic carbocycles. The molecule has 98 valence electrons. The highest BCUT2D eigenvalue weighted by molar-refractivity contribution is 4.72. The van der Waals surface area contributed by atoms with Crippen molar-refractivity contribution >= 4 is 0 Å². The van der Waals surface area contributed by atoms with Crippen LogP contribution in [0.1, 0.15) is 52.9 Å². The van der Waals surface area contributed by atoms with Gasteiger partial charge in [0.2, 0.25) is 0 Å². The maximum absolute atomic E-state index is 3.58. The maximum Gasteiger partial charge on any atom is 0.0237 e. The van der Waals surface area contributed by atoms with Crippen LogP contribution in [0.5, 0.6) is 0 Å². The molecule has 0 radical (unpaired) electrons. The van der Waals surface area contributed by atoms with Crippen LogP contribution in [-0.4, -0.2) is 38.1 Å². The number of unbranched alkanes of at least 4 members (excludes halogenated alkanes) is 4. The molecule has 2 heteroatoms. The van der Waals surface area contributed by atoms with Crippen LogP contribution in [0.4, 0.5) is 0 Å². The summed E-state index contributed by atoms with van der Waals surface area (Å²) in [5.41, 5.74) is 0. The molecule has 0 aromatic heterocycles. The van der Waals surface area contributed by atoms with Crippen molar-refractivity contribution in [2.45, 2.75) is 58.9 Å². The Morgan fingerprint density at radius 3 is 2.12 bits per heavy atom. The van der Waals surface area contributed by atoms with E-state index >= 15 is 0 Å². The van der Waals surface area contributed by atoms with Gasteiger partial charge in [0.25, 0.3) is 0 Å². The number of hydrogen-bond donors (Lipinski definition) is 1. The molecule has 1 atom stereocenters. The van der Waals surface area contributed by atoms with Crippen LogP contribution in [0.3, 0.4) is 0 Å². The molecule has 0 saturated heterocycles. The van der Waals surface area contributed by atoms with Gasteiger partial charge in [-0.15, -0.1) is 0 Å². The second-order valence-corrected chi connectivity index (χ2v) is 5.39. The number of hydrogen-bond acceptors (Lipinski definition) is 2. The molecule has 2 nitrogen and oxygen atoms in total. The van der Waals surface area contributed by atoms with Gasteiger partial charge in [-0.25, -0.2) is 0 Å². The first-order valence-corrected chi connectivity index (χ1v) is 6.96. The Morgan fingerprint density at radius 1 is 1.00 bits per heavy atom. The summed E-state index contributed by atoms with van der Waals surface area (Å²) in [4.78, 5) is 2.33. The lowest BCUT2D eigenvalue weighted by Crippen LogP contribution is -2.41. The van der Waals surface area contributed by atoms with Crippen LogP contribution >= 0.6 is 0 Å². The average Bonchev–Trinajstić information content (AvgIpc) is 2.21. The summed E-state index contributed by atoms with van der Waals surface area (Å²) in [6.07, 6.45) is 6.85. The number of nitrogens with zero attached hydrogens (tertiary/aromatic N) is 1. The van der Waals surface area contributed by atoms with Crippen molar-refractivity contribution in [3.05, 3.63) is 0 Å². The van der Waals surface area contributed by atoms with Crippen LogP contribution in [0, 0.1) is 5.92 Å². The van der Waals surface area contributed by atoms with E-state index in [4.69, 9.17) is 0 Å². The molecular formula is C14H32N2. The zero-order chi connectivity index (χ0) is 12.4. The summed E-state index contributed by atoms with van der Waals surface area (Å²) < 4.78 is 0. The van der Waals surface area contributed by atoms with Crippen molar-refractivity contribution in [2.75, 3.05) is 27.2 Å². The molecule has 0 aliphatic heterocycles. The third-order valence-corrected chi connectivity index (χ3v) is 3.24.